The molecular weight excluding hydrogens is 265 g/mol. The van der Waals surface area contributed by atoms with Crippen LogP contribution in [0.5, 0.6) is 0 Å². The van der Waals surface area contributed by atoms with Crippen LogP contribution in [0.4, 0.5) is 4.39 Å². The van der Waals surface area contributed by atoms with Crippen LogP contribution in [-0.2, 0) is 0 Å². The molecule has 1 aliphatic heterocycles. The molecule has 106 valence electrons. The molecule has 1 fully saturated rings. The van der Waals surface area contributed by atoms with Gasteiger partial charge in [0.25, 0.3) is 0 Å². The van der Waals surface area contributed by atoms with Crippen LogP contribution in [-0.4, -0.2) is 49.6 Å². The Morgan fingerprint density at radius 2 is 2.11 bits per heavy atom. The second-order valence-electron chi connectivity index (χ2n) is 5.36. The molecule has 0 bridgehead atoms. The molecule has 0 saturated carbocycles. The number of benzene rings is 1. The van der Waals surface area contributed by atoms with Crippen molar-refractivity contribution in [3.63, 3.8) is 0 Å². The van der Waals surface area contributed by atoms with Gasteiger partial charge in [0.1, 0.15) is 5.82 Å². The van der Waals surface area contributed by atoms with Crippen molar-refractivity contribution in [3.05, 3.63) is 34.6 Å². The molecule has 1 heterocycles. The van der Waals surface area contributed by atoms with Gasteiger partial charge in [-0.25, -0.2) is 4.39 Å². The molecular formula is C14H21ClFN3. The number of halogens is 2. The summed E-state index contributed by atoms with van der Waals surface area (Å²) in [5.74, 6) is -0.319. The first kappa shape index (κ1) is 14.7. The van der Waals surface area contributed by atoms with E-state index in [1.807, 2.05) is 0 Å². The second-order valence-corrected chi connectivity index (χ2v) is 5.79. The Labute approximate surface area is 119 Å². The fraction of sp³-hybridized carbons (Fsp3) is 0.571. The predicted octanol–water partition coefficient (Wildman–Crippen LogP) is 2.11. The lowest BCUT2D eigenvalue weighted by Crippen LogP contribution is -2.45. The Kier molecular flexibility index (Phi) is 4.79. The maximum Gasteiger partial charge on any atom is 0.129 e. The minimum atomic E-state index is -0.345. The van der Waals surface area contributed by atoms with Gasteiger partial charge >= 0.3 is 0 Å². The molecule has 1 aliphatic rings. The molecule has 19 heavy (non-hydrogen) atoms. The minimum absolute atomic E-state index is 0.114. The van der Waals surface area contributed by atoms with E-state index in [1.54, 1.807) is 12.1 Å². The highest BCUT2D eigenvalue weighted by Crippen LogP contribution is 2.25. The molecule has 2 N–H and O–H groups in total. The summed E-state index contributed by atoms with van der Waals surface area (Å²) in [5, 5.41) is 0.403. The normalized spacial score (nSPS) is 24.2. The summed E-state index contributed by atoms with van der Waals surface area (Å²) in [7, 11) is 4.13. The molecule has 5 heteroatoms. The number of nitrogens with zero attached hydrogens (tertiary/aromatic N) is 2. The predicted molar refractivity (Wildman–Crippen MR) is 76.9 cm³/mol. The van der Waals surface area contributed by atoms with Gasteiger partial charge in [0.05, 0.1) is 0 Å². The van der Waals surface area contributed by atoms with Crippen molar-refractivity contribution in [2.24, 2.45) is 5.73 Å². The van der Waals surface area contributed by atoms with Gasteiger partial charge in [0.15, 0.2) is 0 Å². The largest absolute Gasteiger partial charge is 0.323 e. The fourth-order valence-electron chi connectivity index (χ4n) is 2.67. The molecule has 0 radical (unpaired) electrons. The zero-order valence-corrected chi connectivity index (χ0v) is 12.2. The highest BCUT2D eigenvalue weighted by molar-refractivity contribution is 6.30. The van der Waals surface area contributed by atoms with Crippen LogP contribution in [0.15, 0.2) is 18.2 Å². The van der Waals surface area contributed by atoms with E-state index in [4.69, 9.17) is 17.3 Å². The van der Waals surface area contributed by atoms with Crippen molar-refractivity contribution in [3.8, 4) is 0 Å². The van der Waals surface area contributed by atoms with E-state index in [9.17, 15) is 4.39 Å². The molecule has 1 aromatic rings. The SMILES string of the molecule is CN1CCCN(C)C(C(N)c2ccc(Cl)cc2F)C1. The van der Waals surface area contributed by atoms with E-state index in [0.29, 0.717) is 10.6 Å². The number of rotatable bonds is 2. The summed E-state index contributed by atoms with van der Waals surface area (Å²) in [6.45, 7) is 2.88. The smallest absolute Gasteiger partial charge is 0.129 e. The summed E-state index contributed by atoms with van der Waals surface area (Å²) in [5.41, 5.74) is 6.83. The third-order valence-electron chi connectivity index (χ3n) is 3.85. The van der Waals surface area contributed by atoms with Crippen molar-refractivity contribution < 1.29 is 4.39 Å². The van der Waals surface area contributed by atoms with E-state index in [-0.39, 0.29) is 17.9 Å². The lowest BCUT2D eigenvalue weighted by molar-refractivity contribution is 0.194. The van der Waals surface area contributed by atoms with E-state index in [1.165, 1.54) is 6.07 Å². The summed E-state index contributed by atoms with van der Waals surface area (Å²) in [4.78, 5) is 4.48. The quantitative estimate of drug-likeness (QED) is 0.903. The summed E-state index contributed by atoms with van der Waals surface area (Å²) < 4.78 is 14.0. The molecule has 0 amide bonds. The van der Waals surface area contributed by atoms with Crippen LogP contribution in [0.2, 0.25) is 5.02 Å². The van der Waals surface area contributed by atoms with Crippen LogP contribution in [0.3, 0.4) is 0 Å². The van der Waals surface area contributed by atoms with Crippen molar-refractivity contribution >= 4 is 11.6 Å². The lowest BCUT2D eigenvalue weighted by atomic mass is 9.98. The molecule has 2 unspecified atom stereocenters. The number of nitrogens with two attached hydrogens (primary N) is 1. The average molecular weight is 286 g/mol. The molecule has 1 aromatic carbocycles. The van der Waals surface area contributed by atoms with Crippen molar-refractivity contribution in [2.45, 2.75) is 18.5 Å². The topological polar surface area (TPSA) is 32.5 Å². The first-order chi connectivity index (χ1) is 8.99. The third kappa shape index (κ3) is 3.45. The Morgan fingerprint density at radius 3 is 2.79 bits per heavy atom. The number of likely N-dealkylation sites (N-methyl/N-ethyl adjacent to an activating group) is 2. The van der Waals surface area contributed by atoms with E-state index in [2.05, 4.69) is 23.9 Å². The summed E-state index contributed by atoms with van der Waals surface area (Å²) in [6.07, 6.45) is 1.11. The zero-order valence-electron chi connectivity index (χ0n) is 11.4. The van der Waals surface area contributed by atoms with E-state index in [0.717, 1.165) is 26.1 Å². The average Bonchev–Trinajstić information content (AvgIpc) is 2.50. The van der Waals surface area contributed by atoms with Crippen LogP contribution in [0, 0.1) is 5.82 Å². The molecule has 1 saturated heterocycles. The van der Waals surface area contributed by atoms with Gasteiger partial charge in [0.2, 0.25) is 0 Å². The fourth-order valence-corrected chi connectivity index (χ4v) is 2.83. The molecule has 3 nitrogen and oxygen atoms in total. The van der Waals surface area contributed by atoms with Crippen LogP contribution in [0.1, 0.15) is 18.0 Å². The van der Waals surface area contributed by atoms with Gasteiger partial charge in [-0.05, 0) is 45.7 Å². The van der Waals surface area contributed by atoms with Crippen molar-refractivity contribution in [1.29, 1.82) is 0 Å². The lowest BCUT2D eigenvalue weighted by Gasteiger charge is -2.32. The molecule has 2 rings (SSSR count). The Bertz CT molecular complexity index is 441. The van der Waals surface area contributed by atoms with Gasteiger partial charge in [-0.2, -0.15) is 0 Å². The Hall–Kier alpha value is -0.680. The maximum atomic E-state index is 14.0. The highest BCUT2D eigenvalue weighted by Gasteiger charge is 2.28. The van der Waals surface area contributed by atoms with Crippen LogP contribution in [0.25, 0.3) is 0 Å². The van der Waals surface area contributed by atoms with Crippen LogP contribution >= 0.6 is 11.6 Å². The molecule has 0 spiro atoms. The van der Waals surface area contributed by atoms with Gasteiger partial charge in [0, 0.05) is 29.2 Å². The van der Waals surface area contributed by atoms with E-state index < -0.39 is 0 Å². The zero-order chi connectivity index (χ0) is 14.0. The third-order valence-corrected chi connectivity index (χ3v) is 4.09. The highest BCUT2D eigenvalue weighted by atomic mass is 35.5. The number of hydrogen-bond donors (Lipinski definition) is 1. The summed E-state index contributed by atoms with van der Waals surface area (Å²) >= 11 is 5.79. The van der Waals surface area contributed by atoms with Gasteiger partial charge in [-0.3, -0.25) is 0 Å². The van der Waals surface area contributed by atoms with Gasteiger partial charge in [-0.15, -0.1) is 0 Å². The summed E-state index contributed by atoms with van der Waals surface area (Å²) in [6, 6.07) is 4.49. The van der Waals surface area contributed by atoms with Crippen LogP contribution < -0.4 is 5.73 Å². The monoisotopic (exact) mass is 285 g/mol. The molecule has 0 aromatic heterocycles. The minimum Gasteiger partial charge on any atom is -0.323 e. The number of hydrogen-bond acceptors (Lipinski definition) is 3. The second kappa shape index (κ2) is 6.18. The Morgan fingerprint density at radius 1 is 1.37 bits per heavy atom. The standard InChI is InChI=1S/C14H21ClFN3/c1-18-6-3-7-19(2)13(9-18)14(17)11-5-4-10(15)8-12(11)16/h4-5,8,13-14H,3,6-7,9,17H2,1-2H3. The maximum absolute atomic E-state index is 14.0. The van der Waals surface area contributed by atoms with Crippen molar-refractivity contribution in [2.75, 3.05) is 33.7 Å². The van der Waals surface area contributed by atoms with Gasteiger partial charge < -0.3 is 15.5 Å². The van der Waals surface area contributed by atoms with Crippen molar-refractivity contribution in [1.82, 2.24) is 9.80 Å². The molecule has 0 aliphatic carbocycles. The first-order valence-corrected chi connectivity index (χ1v) is 6.96. The first-order valence-electron chi connectivity index (χ1n) is 6.58. The van der Waals surface area contributed by atoms with E-state index >= 15 is 0 Å². The van der Waals surface area contributed by atoms with Gasteiger partial charge in [-0.1, -0.05) is 17.7 Å². The Balaban J connectivity index is 2.23. The molecule has 2 atom stereocenters.